The number of benzene rings is 4. The maximum Gasteiger partial charge on any atom is 0.266 e. The average molecular weight is 750 g/mol. The molecular weight excluding hydrogens is 711 g/mol. The first-order valence-corrected chi connectivity index (χ1v) is 17.0. The van der Waals surface area contributed by atoms with Crippen LogP contribution in [-0.2, 0) is 29.0 Å². The van der Waals surface area contributed by atoms with Crippen LogP contribution in [0.3, 0.4) is 0 Å². The second-order valence-corrected chi connectivity index (χ2v) is 12.5. The number of carbonyl (C=O) groups is 1. The number of hydrogen-bond donors (Lipinski definition) is 3. The number of carbonyl (C=O) groups excluding carboxylic acids is 1. The van der Waals surface area contributed by atoms with Gasteiger partial charge in [0, 0.05) is 52.1 Å². The molecule has 2 atom stereocenters. The van der Waals surface area contributed by atoms with Crippen LogP contribution in [-0.4, -0.2) is 57.0 Å². The molecule has 1 aliphatic heterocycles. The summed E-state index contributed by atoms with van der Waals surface area (Å²) < 4.78 is 28.7. The van der Waals surface area contributed by atoms with Gasteiger partial charge in [-0.05, 0) is 70.8 Å². The zero-order valence-corrected chi connectivity index (χ0v) is 30.3. The summed E-state index contributed by atoms with van der Waals surface area (Å²) in [7, 11) is 4.57. The Bertz CT molecular complexity index is 1930. The van der Waals surface area contributed by atoms with Gasteiger partial charge in [-0.15, -0.1) is 0 Å². The van der Waals surface area contributed by atoms with E-state index in [-0.39, 0.29) is 37.0 Å². The molecule has 4 aromatic carbocycles. The molecule has 5 rings (SSSR count). The third-order valence-electron chi connectivity index (χ3n) is 8.38. The van der Waals surface area contributed by atoms with Crippen molar-refractivity contribution in [3.63, 3.8) is 0 Å². The molecule has 0 saturated heterocycles. The predicted octanol–water partition coefficient (Wildman–Crippen LogP) is 6.91. The molecule has 15 heteroatoms. The highest BCUT2D eigenvalue weighted by molar-refractivity contribution is 6.35. The van der Waals surface area contributed by atoms with Gasteiger partial charge in [0.15, 0.2) is 23.1 Å². The Balaban J connectivity index is 1.57. The van der Waals surface area contributed by atoms with Gasteiger partial charge in [-0.1, -0.05) is 58.6 Å². The Hall–Kier alpha value is -5.17. The summed E-state index contributed by atoms with van der Waals surface area (Å²) >= 11 is 13.1. The lowest BCUT2D eigenvalue weighted by molar-refractivity contribution is -0.130. The Morgan fingerprint density at radius 3 is 2.35 bits per heavy atom. The molecule has 52 heavy (non-hydrogen) atoms. The van der Waals surface area contributed by atoms with Gasteiger partial charge >= 0.3 is 0 Å². The van der Waals surface area contributed by atoms with Crippen LogP contribution in [0.5, 0.6) is 23.0 Å². The van der Waals surface area contributed by atoms with Crippen molar-refractivity contribution < 1.29 is 33.6 Å². The number of nitrogens with one attached hydrogen (secondary N) is 2. The van der Waals surface area contributed by atoms with Gasteiger partial charge in [0.1, 0.15) is 5.75 Å². The summed E-state index contributed by atoms with van der Waals surface area (Å²) in [4.78, 5) is 22.7. The Kier molecular flexibility index (Phi) is 13.1. The highest BCUT2D eigenvalue weighted by Crippen LogP contribution is 2.45. The first kappa shape index (κ1) is 38.1. The van der Waals surface area contributed by atoms with Crippen LogP contribution < -0.4 is 29.8 Å². The van der Waals surface area contributed by atoms with Crippen molar-refractivity contribution in [1.29, 1.82) is 0 Å². The Labute approximate surface area is 311 Å². The van der Waals surface area contributed by atoms with Crippen molar-refractivity contribution in [3.05, 3.63) is 127 Å². The van der Waals surface area contributed by atoms with Crippen LogP contribution in [0.1, 0.15) is 40.3 Å². The van der Waals surface area contributed by atoms with Crippen LogP contribution in [0.25, 0.3) is 10.4 Å². The van der Waals surface area contributed by atoms with Gasteiger partial charge in [-0.3, -0.25) is 10.2 Å². The number of rotatable bonds is 17. The van der Waals surface area contributed by atoms with Crippen molar-refractivity contribution in [2.45, 2.75) is 37.6 Å². The zero-order valence-electron chi connectivity index (χ0n) is 28.8. The third kappa shape index (κ3) is 8.64. The van der Waals surface area contributed by atoms with E-state index in [2.05, 4.69) is 20.9 Å². The SMILES string of the molecule is COc1cc(CNNC(=O)[C@@]2(Cc3ccccc3CN=[N+]=[N-])N=C(c3ccc(OCCCO)cc3)O[C@H]2c2ccc(Cl)cc2Cl)cc(OC)c1OC. The van der Waals surface area contributed by atoms with Crippen LogP contribution >= 0.6 is 23.2 Å². The number of hydrogen-bond acceptors (Lipinski definition) is 10. The number of nitrogens with zero attached hydrogens (tertiary/aromatic N) is 4. The fourth-order valence-corrected chi connectivity index (χ4v) is 6.34. The zero-order chi connectivity index (χ0) is 37.1. The minimum absolute atomic E-state index is 0.0187. The summed E-state index contributed by atoms with van der Waals surface area (Å²) in [5, 5.41) is 13.6. The van der Waals surface area contributed by atoms with Crippen molar-refractivity contribution >= 4 is 35.0 Å². The number of azide groups is 1. The minimum Gasteiger partial charge on any atom is -0.494 e. The largest absolute Gasteiger partial charge is 0.494 e. The van der Waals surface area contributed by atoms with Gasteiger partial charge < -0.3 is 28.8 Å². The summed E-state index contributed by atoms with van der Waals surface area (Å²) in [6.07, 6.45) is -0.492. The third-order valence-corrected chi connectivity index (χ3v) is 8.94. The van der Waals surface area contributed by atoms with Crippen LogP contribution in [0.15, 0.2) is 89.0 Å². The number of amides is 1. The van der Waals surface area contributed by atoms with Gasteiger partial charge in [-0.2, -0.15) is 0 Å². The van der Waals surface area contributed by atoms with Crippen molar-refractivity contribution in [2.75, 3.05) is 34.5 Å². The lowest BCUT2D eigenvalue weighted by Crippen LogP contribution is -2.53. The van der Waals surface area contributed by atoms with Crippen LogP contribution in [0, 0.1) is 0 Å². The summed E-state index contributed by atoms with van der Waals surface area (Å²) in [5.41, 5.74) is 16.6. The van der Waals surface area contributed by atoms with E-state index in [9.17, 15) is 4.79 Å². The normalized spacial score (nSPS) is 16.3. The molecule has 4 aromatic rings. The molecule has 13 nitrogen and oxygen atoms in total. The molecule has 0 aromatic heterocycles. The number of aliphatic hydroxyl groups excluding tert-OH is 1. The Morgan fingerprint density at radius 1 is 1.00 bits per heavy atom. The van der Waals surface area contributed by atoms with E-state index in [0.717, 1.165) is 5.56 Å². The lowest BCUT2D eigenvalue weighted by Gasteiger charge is -2.32. The van der Waals surface area contributed by atoms with Crippen molar-refractivity contribution in [3.8, 4) is 23.0 Å². The molecule has 1 heterocycles. The summed E-state index contributed by atoms with van der Waals surface area (Å²) in [6.45, 7) is 0.607. The van der Waals surface area contributed by atoms with E-state index in [1.807, 2.05) is 24.3 Å². The maximum atomic E-state index is 14.8. The monoisotopic (exact) mass is 748 g/mol. The smallest absolute Gasteiger partial charge is 0.266 e. The number of aliphatic imine (C=N–C) groups is 1. The van der Waals surface area contributed by atoms with Gasteiger partial charge in [0.05, 0.1) is 34.5 Å². The Morgan fingerprint density at radius 2 is 1.71 bits per heavy atom. The van der Waals surface area contributed by atoms with Crippen LogP contribution in [0.4, 0.5) is 0 Å². The lowest BCUT2D eigenvalue weighted by atomic mass is 9.81. The fourth-order valence-electron chi connectivity index (χ4n) is 5.83. The molecule has 0 aliphatic carbocycles. The standard InChI is InChI=1S/C37H38Cl2N6O7/c1-48-31-17-23(18-32(49-2)33(31)50-3)21-41-44-36(47)37(20-25-7-4-5-8-26(25)22-42-45-40)34(29-14-11-27(38)19-30(29)39)52-35(43-37)24-9-12-28(13-10-24)51-16-6-15-46/h4-5,7-14,17-19,34,41,46H,6,15-16,20-22H2,1-3H3,(H,44,47)/t34-,37-/m0/s1. The second-order valence-electron chi connectivity index (χ2n) is 11.6. The summed E-state index contributed by atoms with van der Waals surface area (Å²) in [5.74, 6) is 1.63. The predicted molar refractivity (Wildman–Crippen MR) is 197 cm³/mol. The van der Waals surface area contributed by atoms with E-state index < -0.39 is 17.6 Å². The van der Waals surface area contributed by atoms with Gasteiger partial charge in [-0.25, -0.2) is 10.4 Å². The minimum atomic E-state index is -1.64. The number of aliphatic hydroxyl groups is 1. The molecule has 0 bridgehead atoms. The molecule has 0 fully saturated rings. The van der Waals surface area contributed by atoms with E-state index >= 15 is 0 Å². The molecule has 0 unspecified atom stereocenters. The maximum absolute atomic E-state index is 14.8. The average Bonchev–Trinajstić information content (AvgIpc) is 3.54. The van der Waals surface area contributed by atoms with Crippen molar-refractivity contribution in [2.24, 2.45) is 10.1 Å². The molecule has 3 N–H and O–H groups in total. The quantitative estimate of drug-likeness (QED) is 0.0344. The van der Waals surface area contributed by atoms with E-state index in [4.69, 9.17) is 62.5 Å². The second kappa shape index (κ2) is 17.9. The van der Waals surface area contributed by atoms with E-state index in [1.165, 1.54) is 21.3 Å². The molecular formula is C37H38Cl2N6O7. The molecule has 272 valence electrons. The molecule has 0 radical (unpaired) electrons. The van der Waals surface area contributed by atoms with Crippen LogP contribution in [0.2, 0.25) is 10.0 Å². The highest BCUT2D eigenvalue weighted by atomic mass is 35.5. The van der Waals surface area contributed by atoms with Crippen molar-refractivity contribution in [1.82, 2.24) is 10.9 Å². The summed E-state index contributed by atoms with van der Waals surface area (Å²) in [6, 6.07) is 22.9. The number of methoxy groups -OCH3 is 3. The first-order chi connectivity index (χ1) is 25.3. The molecule has 0 spiro atoms. The number of ether oxygens (including phenoxy) is 5. The topological polar surface area (TPSA) is 169 Å². The van der Waals surface area contributed by atoms with E-state index in [1.54, 1.807) is 54.6 Å². The highest BCUT2D eigenvalue weighted by Gasteiger charge is 2.54. The molecule has 1 amide bonds. The number of halogens is 2. The van der Waals surface area contributed by atoms with Gasteiger partial charge in [0.25, 0.3) is 5.91 Å². The molecule has 1 aliphatic rings. The van der Waals surface area contributed by atoms with Gasteiger partial charge in [0.2, 0.25) is 11.6 Å². The number of hydrazine groups is 1. The molecule has 0 saturated carbocycles. The first-order valence-electron chi connectivity index (χ1n) is 16.2. The fraction of sp³-hybridized carbons (Fsp3) is 0.297. The van der Waals surface area contributed by atoms with E-state index in [0.29, 0.717) is 63.3 Å².